The van der Waals surface area contributed by atoms with E-state index in [0.29, 0.717) is 12.0 Å². The van der Waals surface area contributed by atoms with Gasteiger partial charge in [0.15, 0.2) is 0 Å². The van der Waals surface area contributed by atoms with Crippen LogP contribution in [0.5, 0.6) is 0 Å². The van der Waals surface area contributed by atoms with Crippen molar-refractivity contribution < 1.29 is 4.39 Å². The van der Waals surface area contributed by atoms with Crippen molar-refractivity contribution in [3.63, 3.8) is 0 Å². The van der Waals surface area contributed by atoms with E-state index in [4.69, 9.17) is 4.98 Å². The fraction of sp³-hybridized carbons (Fsp3) is 0.0455. The summed E-state index contributed by atoms with van der Waals surface area (Å²) < 4.78 is 14.1. The van der Waals surface area contributed by atoms with Crippen LogP contribution in [0.15, 0.2) is 85.2 Å². The Labute approximate surface area is 151 Å². The summed E-state index contributed by atoms with van der Waals surface area (Å²) >= 11 is 0. The van der Waals surface area contributed by atoms with Gasteiger partial charge in [-0.05, 0) is 53.6 Å². The van der Waals surface area contributed by atoms with Gasteiger partial charge in [0.25, 0.3) is 0 Å². The molecule has 4 aromatic rings. The summed E-state index contributed by atoms with van der Waals surface area (Å²) in [5.41, 5.74) is 4.67. The number of rotatable bonds is 4. The van der Waals surface area contributed by atoms with E-state index >= 15 is 0 Å². The molecule has 0 unspecified atom stereocenters. The first-order valence-corrected chi connectivity index (χ1v) is 8.37. The minimum atomic E-state index is -0.205. The molecule has 0 spiro atoms. The Hall–Kier alpha value is -3.40. The molecule has 3 nitrogen and oxygen atoms in total. The Morgan fingerprint density at radius 2 is 1.23 bits per heavy atom. The van der Waals surface area contributed by atoms with Crippen molar-refractivity contribution in [1.29, 1.82) is 0 Å². The van der Waals surface area contributed by atoms with Gasteiger partial charge in [-0.15, -0.1) is 0 Å². The fourth-order valence-corrected chi connectivity index (χ4v) is 2.84. The van der Waals surface area contributed by atoms with Gasteiger partial charge in [0, 0.05) is 18.8 Å². The van der Waals surface area contributed by atoms with Gasteiger partial charge < -0.3 is 0 Å². The molecule has 4 rings (SSSR count). The summed E-state index contributed by atoms with van der Waals surface area (Å²) in [7, 11) is 0. The van der Waals surface area contributed by atoms with E-state index in [-0.39, 0.29) is 5.82 Å². The van der Waals surface area contributed by atoms with E-state index in [2.05, 4.69) is 9.97 Å². The smallest absolute Gasteiger partial charge is 0.126 e. The molecule has 4 heteroatoms. The van der Waals surface area contributed by atoms with Crippen LogP contribution in [0.25, 0.3) is 22.8 Å². The van der Waals surface area contributed by atoms with E-state index in [1.165, 1.54) is 6.07 Å². The number of halogens is 1. The maximum Gasteiger partial charge on any atom is 0.126 e. The minimum absolute atomic E-state index is 0.205. The third-order valence-electron chi connectivity index (χ3n) is 4.09. The van der Waals surface area contributed by atoms with E-state index < -0.39 is 0 Å². The predicted molar refractivity (Wildman–Crippen MR) is 99.9 cm³/mol. The molecule has 0 saturated heterocycles. The van der Waals surface area contributed by atoms with Crippen LogP contribution in [0.4, 0.5) is 4.39 Å². The normalized spacial score (nSPS) is 10.7. The monoisotopic (exact) mass is 341 g/mol. The molecule has 0 atom stereocenters. The molecule has 0 N–H and O–H groups in total. The van der Waals surface area contributed by atoms with E-state index in [1.807, 2.05) is 54.6 Å². The zero-order valence-electron chi connectivity index (χ0n) is 14.0. The lowest BCUT2D eigenvalue weighted by Gasteiger charge is -2.09. The van der Waals surface area contributed by atoms with E-state index in [0.717, 1.165) is 28.3 Å². The number of pyridine rings is 3. The summed E-state index contributed by atoms with van der Waals surface area (Å²) in [5.74, 6) is -0.205. The largest absolute Gasteiger partial charge is 0.255 e. The Kier molecular flexibility index (Phi) is 4.48. The average Bonchev–Trinajstić information content (AvgIpc) is 2.71. The van der Waals surface area contributed by atoms with E-state index in [9.17, 15) is 4.39 Å². The fourth-order valence-electron chi connectivity index (χ4n) is 2.84. The predicted octanol–water partition coefficient (Wildman–Crippen LogP) is 4.94. The zero-order chi connectivity index (χ0) is 17.8. The highest BCUT2D eigenvalue weighted by atomic mass is 19.1. The highest BCUT2D eigenvalue weighted by molar-refractivity contribution is 5.63. The summed E-state index contributed by atoms with van der Waals surface area (Å²) in [6.45, 7) is 0. The Morgan fingerprint density at radius 1 is 0.654 bits per heavy atom. The standard InChI is InChI=1S/C22H16FN3/c23-18-8-2-1-7-17(18)13-16-14-21(19-9-3-5-11-24-19)26-22(15-16)20-10-4-6-12-25-20/h1-12,14-15H,13H2. The zero-order valence-corrected chi connectivity index (χ0v) is 14.0. The first-order chi connectivity index (χ1) is 12.8. The molecule has 26 heavy (non-hydrogen) atoms. The maximum atomic E-state index is 14.1. The molecule has 0 aliphatic heterocycles. The molecule has 126 valence electrons. The van der Waals surface area contributed by atoms with Crippen molar-refractivity contribution in [1.82, 2.24) is 15.0 Å². The van der Waals surface area contributed by atoms with Crippen molar-refractivity contribution in [3.8, 4) is 22.8 Å². The second kappa shape index (κ2) is 7.23. The van der Waals surface area contributed by atoms with Crippen LogP contribution in [-0.4, -0.2) is 15.0 Å². The summed E-state index contributed by atoms with van der Waals surface area (Å²) in [6, 6.07) is 22.2. The van der Waals surface area contributed by atoms with Crippen LogP contribution in [0.2, 0.25) is 0 Å². The summed E-state index contributed by atoms with van der Waals surface area (Å²) in [6.07, 6.45) is 3.96. The van der Waals surface area contributed by atoms with Gasteiger partial charge in [-0.2, -0.15) is 0 Å². The molecule has 0 bridgehead atoms. The topological polar surface area (TPSA) is 38.7 Å². The van der Waals surface area contributed by atoms with Gasteiger partial charge in [0.05, 0.1) is 22.8 Å². The molecule has 0 fully saturated rings. The van der Waals surface area contributed by atoms with Crippen LogP contribution in [-0.2, 0) is 6.42 Å². The molecule has 0 radical (unpaired) electrons. The third kappa shape index (κ3) is 3.49. The SMILES string of the molecule is Fc1ccccc1Cc1cc(-c2ccccn2)nc(-c2ccccn2)c1. The lowest BCUT2D eigenvalue weighted by atomic mass is 10.0. The van der Waals surface area contributed by atoms with Crippen molar-refractivity contribution in [2.75, 3.05) is 0 Å². The molecule has 0 aliphatic carbocycles. The van der Waals surface area contributed by atoms with Gasteiger partial charge in [-0.3, -0.25) is 9.97 Å². The highest BCUT2D eigenvalue weighted by Crippen LogP contribution is 2.24. The molecular formula is C22H16FN3. The average molecular weight is 341 g/mol. The molecule has 0 aliphatic rings. The van der Waals surface area contributed by atoms with Crippen LogP contribution in [0, 0.1) is 5.82 Å². The van der Waals surface area contributed by atoms with Crippen molar-refractivity contribution >= 4 is 0 Å². The highest BCUT2D eigenvalue weighted by Gasteiger charge is 2.10. The van der Waals surface area contributed by atoms with Crippen molar-refractivity contribution in [3.05, 3.63) is 102 Å². The number of benzene rings is 1. The van der Waals surface area contributed by atoms with E-state index in [1.54, 1.807) is 24.5 Å². The van der Waals surface area contributed by atoms with Gasteiger partial charge >= 0.3 is 0 Å². The second-order valence-corrected chi connectivity index (χ2v) is 5.94. The molecule has 0 saturated carbocycles. The number of hydrogen-bond acceptors (Lipinski definition) is 3. The second-order valence-electron chi connectivity index (χ2n) is 5.94. The van der Waals surface area contributed by atoms with Crippen molar-refractivity contribution in [2.45, 2.75) is 6.42 Å². The Balaban J connectivity index is 1.82. The van der Waals surface area contributed by atoms with Gasteiger partial charge in [-0.25, -0.2) is 9.37 Å². The minimum Gasteiger partial charge on any atom is -0.255 e. The lowest BCUT2D eigenvalue weighted by molar-refractivity contribution is 0.614. The Morgan fingerprint density at radius 3 is 1.77 bits per heavy atom. The van der Waals surface area contributed by atoms with Crippen molar-refractivity contribution in [2.24, 2.45) is 0 Å². The molecule has 0 amide bonds. The van der Waals surface area contributed by atoms with Gasteiger partial charge in [-0.1, -0.05) is 30.3 Å². The van der Waals surface area contributed by atoms with Gasteiger partial charge in [0.1, 0.15) is 5.82 Å². The summed E-state index contributed by atoms with van der Waals surface area (Å²) in [5, 5.41) is 0. The molecule has 3 aromatic heterocycles. The first kappa shape index (κ1) is 16.1. The van der Waals surface area contributed by atoms with Crippen LogP contribution in [0.3, 0.4) is 0 Å². The maximum absolute atomic E-state index is 14.1. The van der Waals surface area contributed by atoms with Crippen LogP contribution < -0.4 is 0 Å². The lowest BCUT2D eigenvalue weighted by Crippen LogP contribution is -1.98. The molecular weight excluding hydrogens is 325 g/mol. The van der Waals surface area contributed by atoms with Gasteiger partial charge in [0.2, 0.25) is 0 Å². The van der Waals surface area contributed by atoms with Crippen LogP contribution >= 0.6 is 0 Å². The third-order valence-corrected chi connectivity index (χ3v) is 4.09. The van der Waals surface area contributed by atoms with Crippen LogP contribution in [0.1, 0.15) is 11.1 Å². The molecule has 3 heterocycles. The number of aromatic nitrogens is 3. The summed E-state index contributed by atoms with van der Waals surface area (Å²) in [4.78, 5) is 13.5. The Bertz CT molecular complexity index is 960. The number of nitrogens with zero attached hydrogens (tertiary/aromatic N) is 3. The molecule has 1 aromatic carbocycles. The quantitative estimate of drug-likeness (QED) is 0.528. The number of hydrogen-bond donors (Lipinski definition) is 0. The first-order valence-electron chi connectivity index (χ1n) is 8.37.